The number of esters is 1. The van der Waals surface area contributed by atoms with Crippen molar-refractivity contribution in [3.05, 3.63) is 66.2 Å². The van der Waals surface area contributed by atoms with Crippen molar-refractivity contribution < 1.29 is 9.53 Å². The summed E-state index contributed by atoms with van der Waals surface area (Å²) in [5.41, 5.74) is 1.70. The summed E-state index contributed by atoms with van der Waals surface area (Å²) in [6, 6.07) is 19.0. The molecule has 2 aromatic carbocycles. The van der Waals surface area contributed by atoms with Crippen molar-refractivity contribution >= 4 is 11.7 Å². The van der Waals surface area contributed by atoms with Gasteiger partial charge in [0.1, 0.15) is 6.61 Å². The van der Waals surface area contributed by atoms with Gasteiger partial charge in [-0.3, -0.25) is 0 Å². The first-order valence-electron chi connectivity index (χ1n) is 6.26. The summed E-state index contributed by atoms with van der Waals surface area (Å²) in [6.45, 7) is 1.04. The number of nitrogens with zero attached hydrogens (tertiary/aromatic N) is 1. The zero-order chi connectivity index (χ0) is 13.5. The number of ether oxygens (including phenoxy) is 1. The monoisotopic (exact) mass is 255 g/mol. The van der Waals surface area contributed by atoms with E-state index in [2.05, 4.69) is 4.90 Å². The Hall–Kier alpha value is -2.29. The van der Waals surface area contributed by atoms with Gasteiger partial charge in [-0.1, -0.05) is 36.4 Å². The Morgan fingerprint density at radius 2 is 1.58 bits per heavy atom. The fraction of sp³-hybridized carbons (Fsp3) is 0.188. The van der Waals surface area contributed by atoms with E-state index in [-0.39, 0.29) is 5.97 Å². The van der Waals surface area contributed by atoms with Gasteiger partial charge in [-0.05, 0) is 24.3 Å². The van der Waals surface area contributed by atoms with Crippen LogP contribution in [-0.2, 0) is 4.74 Å². The summed E-state index contributed by atoms with van der Waals surface area (Å²) in [6.07, 6.45) is 0. The molecular formula is C16H17NO2. The highest BCUT2D eigenvalue weighted by Gasteiger charge is 2.06. The average Bonchev–Trinajstić information content (AvgIpc) is 2.49. The number of likely N-dealkylation sites (N-methyl/N-ethyl adjacent to an activating group) is 1. The number of carbonyl (C=O) groups excluding carboxylic acids is 1. The summed E-state index contributed by atoms with van der Waals surface area (Å²) >= 11 is 0. The molecule has 0 amide bonds. The van der Waals surface area contributed by atoms with Gasteiger partial charge >= 0.3 is 5.97 Å². The quantitative estimate of drug-likeness (QED) is 0.769. The third-order valence-corrected chi connectivity index (χ3v) is 2.87. The zero-order valence-electron chi connectivity index (χ0n) is 11.0. The summed E-state index contributed by atoms with van der Waals surface area (Å²) < 4.78 is 5.24. The summed E-state index contributed by atoms with van der Waals surface area (Å²) in [4.78, 5) is 13.8. The molecule has 0 aromatic heterocycles. The van der Waals surface area contributed by atoms with E-state index in [0.717, 1.165) is 5.69 Å². The molecule has 3 nitrogen and oxygen atoms in total. The van der Waals surface area contributed by atoms with Gasteiger partial charge in [-0.2, -0.15) is 0 Å². The zero-order valence-corrected chi connectivity index (χ0v) is 11.0. The molecule has 19 heavy (non-hydrogen) atoms. The maximum atomic E-state index is 11.7. The molecule has 2 rings (SSSR count). The second-order valence-corrected chi connectivity index (χ2v) is 4.26. The van der Waals surface area contributed by atoms with E-state index in [1.165, 1.54) is 0 Å². The number of benzene rings is 2. The van der Waals surface area contributed by atoms with Gasteiger partial charge in [-0.25, -0.2) is 4.79 Å². The van der Waals surface area contributed by atoms with Crippen LogP contribution in [0.1, 0.15) is 10.4 Å². The van der Waals surface area contributed by atoms with Gasteiger partial charge in [0.2, 0.25) is 0 Å². The molecule has 0 bridgehead atoms. The van der Waals surface area contributed by atoms with Crippen LogP contribution in [0.5, 0.6) is 0 Å². The standard InChI is InChI=1S/C16H17NO2/c1-17(15-10-6-3-7-11-15)12-13-19-16(18)14-8-4-2-5-9-14/h2-11H,12-13H2,1H3. The smallest absolute Gasteiger partial charge is 0.338 e. The van der Waals surface area contributed by atoms with E-state index >= 15 is 0 Å². The topological polar surface area (TPSA) is 29.5 Å². The van der Waals surface area contributed by atoms with Gasteiger partial charge in [0, 0.05) is 12.7 Å². The van der Waals surface area contributed by atoms with Crippen LogP contribution >= 0.6 is 0 Å². The van der Waals surface area contributed by atoms with Crippen LogP contribution in [0.25, 0.3) is 0 Å². The second kappa shape index (κ2) is 6.59. The minimum atomic E-state index is -0.276. The van der Waals surface area contributed by atoms with Gasteiger partial charge in [0.25, 0.3) is 0 Å². The third kappa shape index (κ3) is 3.85. The maximum absolute atomic E-state index is 11.7. The Morgan fingerprint density at radius 3 is 2.21 bits per heavy atom. The lowest BCUT2D eigenvalue weighted by Crippen LogP contribution is -2.23. The Morgan fingerprint density at radius 1 is 1.00 bits per heavy atom. The lowest BCUT2D eigenvalue weighted by atomic mass is 10.2. The third-order valence-electron chi connectivity index (χ3n) is 2.87. The first kappa shape index (κ1) is 13.1. The van der Waals surface area contributed by atoms with Crippen LogP contribution in [0.4, 0.5) is 5.69 Å². The van der Waals surface area contributed by atoms with E-state index in [4.69, 9.17) is 4.74 Å². The molecule has 0 aliphatic rings. The van der Waals surface area contributed by atoms with Gasteiger partial charge in [0.05, 0.1) is 12.1 Å². The molecule has 0 heterocycles. The molecule has 2 aromatic rings. The molecule has 0 radical (unpaired) electrons. The lowest BCUT2D eigenvalue weighted by Gasteiger charge is -2.18. The molecule has 0 fully saturated rings. The maximum Gasteiger partial charge on any atom is 0.338 e. The Labute approximate surface area is 113 Å². The second-order valence-electron chi connectivity index (χ2n) is 4.26. The van der Waals surface area contributed by atoms with Gasteiger partial charge in [-0.15, -0.1) is 0 Å². The van der Waals surface area contributed by atoms with E-state index in [1.807, 2.05) is 55.6 Å². The molecule has 0 atom stereocenters. The highest BCUT2D eigenvalue weighted by Crippen LogP contribution is 2.10. The molecule has 0 aliphatic heterocycles. The number of hydrogen-bond donors (Lipinski definition) is 0. The summed E-state index contributed by atoms with van der Waals surface area (Å²) in [5.74, 6) is -0.276. The Balaban J connectivity index is 1.79. The van der Waals surface area contributed by atoms with Crippen LogP contribution in [0.3, 0.4) is 0 Å². The Bertz CT molecular complexity index is 511. The molecule has 98 valence electrons. The van der Waals surface area contributed by atoms with Crippen molar-refractivity contribution in [1.29, 1.82) is 0 Å². The molecule has 0 aliphatic carbocycles. The minimum absolute atomic E-state index is 0.276. The van der Waals surface area contributed by atoms with Crippen molar-refractivity contribution in [1.82, 2.24) is 0 Å². The van der Waals surface area contributed by atoms with Crippen molar-refractivity contribution in [3.63, 3.8) is 0 Å². The minimum Gasteiger partial charge on any atom is -0.460 e. The summed E-state index contributed by atoms with van der Waals surface area (Å²) in [7, 11) is 1.98. The van der Waals surface area contributed by atoms with Crippen LogP contribution < -0.4 is 4.90 Å². The predicted molar refractivity (Wildman–Crippen MR) is 76.4 cm³/mol. The number of carbonyl (C=O) groups is 1. The number of rotatable bonds is 5. The lowest BCUT2D eigenvalue weighted by molar-refractivity contribution is 0.0516. The number of hydrogen-bond acceptors (Lipinski definition) is 3. The molecule has 0 saturated heterocycles. The van der Waals surface area contributed by atoms with Gasteiger partial charge in [0.15, 0.2) is 0 Å². The molecule has 0 saturated carbocycles. The fourth-order valence-electron chi connectivity index (χ4n) is 1.74. The van der Waals surface area contributed by atoms with E-state index < -0.39 is 0 Å². The molecule has 0 spiro atoms. The Kier molecular flexibility index (Phi) is 4.56. The highest BCUT2D eigenvalue weighted by molar-refractivity contribution is 5.89. The first-order valence-corrected chi connectivity index (χ1v) is 6.26. The molecule has 0 N–H and O–H groups in total. The predicted octanol–water partition coefficient (Wildman–Crippen LogP) is 2.98. The van der Waals surface area contributed by atoms with E-state index in [1.54, 1.807) is 12.1 Å². The van der Waals surface area contributed by atoms with Crippen LogP contribution in [0, 0.1) is 0 Å². The average molecular weight is 255 g/mol. The van der Waals surface area contributed by atoms with Gasteiger partial charge < -0.3 is 9.64 Å². The van der Waals surface area contributed by atoms with E-state index in [9.17, 15) is 4.79 Å². The normalized spacial score (nSPS) is 9.95. The van der Waals surface area contributed by atoms with Crippen molar-refractivity contribution in [3.8, 4) is 0 Å². The van der Waals surface area contributed by atoms with Crippen molar-refractivity contribution in [2.24, 2.45) is 0 Å². The largest absolute Gasteiger partial charge is 0.460 e. The SMILES string of the molecule is CN(CCOC(=O)c1ccccc1)c1ccccc1. The molecular weight excluding hydrogens is 238 g/mol. The highest BCUT2D eigenvalue weighted by atomic mass is 16.5. The molecule has 3 heteroatoms. The van der Waals surface area contributed by atoms with Crippen LogP contribution in [0.2, 0.25) is 0 Å². The number of anilines is 1. The number of para-hydroxylation sites is 1. The van der Waals surface area contributed by atoms with Crippen LogP contribution in [-0.4, -0.2) is 26.2 Å². The van der Waals surface area contributed by atoms with E-state index in [0.29, 0.717) is 18.7 Å². The first-order chi connectivity index (χ1) is 9.27. The van der Waals surface area contributed by atoms with Crippen LogP contribution in [0.15, 0.2) is 60.7 Å². The fourth-order valence-corrected chi connectivity index (χ4v) is 1.74. The van der Waals surface area contributed by atoms with Crippen molar-refractivity contribution in [2.45, 2.75) is 0 Å². The van der Waals surface area contributed by atoms with Crippen molar-refractivity contribution in [2.75, 3.05) is 25.1 Å². The molecule has 0 unspecified atom stereocenters. The summed E-state index contributed by atoms with van der Waals surface area (Å²) in [5, 5.41) is 0.